The van der Waals surface area contributed by atoms with Crippen LogP contribution in [0.15, 0.2) is 46.6 Å². The van der Waals surface area contributed by atoms with E-state index in [0.29, 0.717) is 30.9 Å². The second-order valence-electron chi connectivity index (χ2n) is 7.53. The highest BCUT2D eigenvalue weighted by molar-refractivity contribution is 7.17. The SMILES string of the molecule is CC[C@H](C(=O)N1CCc2ccccc2C1)n1nc(C)n2c(cc3sccc32)c1=O. The predicted molar refractivity (Wildman–Crippen MR) is 114 cm³/mol. The highest BCUT2D eigenvalue weighted by Gasteiger charge is 2.29. The van der Waals surface area contributed by atoms with Crippen molar-refractivity contribution in [3.05, 3.63) is 69.1 Å². The lowest BCUT2D eigenvalue weighted by molar-refractivity contribution is -0.136. The number of carbonyl (C=O) groups excluding carboxylic acids is 1. The molecule has 0 saturated heterocycles. The van der Waals surface area contributed by atoms with Crippen LogP contribution in [0.25, 0.3) is 15.7 Å². The molecular formula is C22H22N4O2S. The molecular weight excluding hydrogens is 384 g/mol. The molecule has 148 valence electrons. The monoisotopic (exact) mass is 406 g/mol. The van der Waals surface area contributed by atoms with Gasteiger partial charge in [-0.2, -0.15) is 5.10 Å². The lowest BCUT2D eigenvalue weighted by atomic mass is 9.99. The summed E-state index contributed by atoms with van der Waals surface area (Å²) in [6.45, 7) is 5.07. The molecule has 1 aromatic carbocycles. The van der Waals surface area contributed by atoms with Gasteiger partial charge in [0.1, 0.15) is 17.4 Å². The minimum Gasteiger partial charge on any atom is -0.336 e. The number of thiophene rings is 1. The zero-order valence-corrected chi connectivity index (χ0v) is 17.3. The third-order valence-corrected chi connectivity index (χ3v) is 6.69. The summed E-state index contributed by atoms with van der Waals surface area (Å²) in [5, 5.41) is 6.57. The number of fused-ring (bicyclic) bond motifs is 4. The molecule has 1 amide bonds. The number of carbonyl (C=O) groups is 1. The standard InChI is InChI=1S/C22H22N4O2S/c1-3-17(21(27)24-10-8-15-6-4-5-7-16(15)13-24)26-22(28)19-12-20-18(9-11-29-20)25(19)14(2)23-26/h4-7,9,11-12,17H,3,8,10,13H2,1-2H3/t17-/m1/s1. The van der Waals surface area contributed by atoms with Crippen LogP contribution in [0.3, 0.4) is 0 Å². The van der Waals surface area contributed by atoms with Gasteiger partial charge in [0.25, 0.3) is 5.56 Å². The topological polar surface area (TPSA) is 59.6 Å². The zero-order valence-electron chi connectivity index (χ0n) is 16.5. The molecule has 1 aliphatic heterocycles. The largest absolute Gasteiger partial charge is 0.336 e. The third kappa shape index (κ3) is 2.80. The van der Waals surface area contributed by atoms with Gasteiger partial charge in [0, 0.05) is 13.1 Å². The molecule has 0 fully saturated rings. The van der Waals surface area contributed by atoms with E-state index in [9.17, 15) is 9.59 Å². The van der Waals surface area contributed by atoms with Crippen molar-refractivity contribution in [3.8, 4) is 0 Å². The van der Waals surface area contributed by atoms with Crippen molar-refractivity contribution in [3.63, 3.8) is 0 Å². The number of nitrogens with zero attached hydrogens (tertiary/aromatic N) is 4. The fraction of sp³-hybridized carbons (Fsp3) is 0.318. The van der Waals surface area contributed by atoms with E-state index >= 15 is 0 Å². The van der Waals surface area contributed by atoms with Crippen LogP contribution in [-0.4, -0.2) is 31.5 Å². The lowest BCUT2D eigenvalue weighted by Crippen LogP contribution is -2.43. The molecule has 0 saturated carbocycles. The Morgan fingerprint density at radius 2 is 2.00 bits per heavy atom. The Kier molecular flexibility index (Phi) is 4.28. The fourth-order valence-electron chi connectivity index (χ4n) is 4.35. The normalized spacial score (nSPS) is 15.0. The van der Waals surface area contributed by atoms with Crippen LogP contribution in [0.1, 0.15) is 36.3 Å². The maximum absolute atomic E-state index is 13.4. The summed E-state index contributed by atoms with van der Waals surface area (Å²) >= 11 is 1.60. The van der Waals surface area contributed by atoms with Crippen molar-refractivity contribution in [1.29, 1.82) is 0 Å². The molecule has 6 nitrogen and oxygen atoms in total. The van der Waals surface area contributed by atoms with Gasteiger partial charge in [-0.1, -0.05) is 31.2 Å². The Hall–Kier alpha value is -2.93. The summed E-state index contributed by atoms with van der Waals surface area (Å²) in [7, 11) is 0. The van der Waals surface area contributed by atoms with Gasteiger partial charge in [-0.3, -0.25) is 14.0 Å². The molecule has 0 unspecified atom stereocenters. The van der Waals surface area contributed by atoms with E-state index in [1.54, 1.807) is 11.3 Å². The Labute approximate surface area is 172 Å². The average Bonchev–Trinajstić information content (AvgIpc) is 3.33. The molecule has 5 rings (SSSR count). The minimum atomic E-state index is -0.593. The first-order valence-electron chi connectivity index (χ1n) is 9.92. The summed E-state index contributed by atoms with van der Waals surface area (Å²) < 4.78 is 4.34. The molecule has 1 aliphatic rings. The molecule has 29 heavy (non-hydrogen) atoms. The minimum absolute atomic E-state index is 0.0336. The summed E-state index contributed by atoms with van der Waals surface area (Å²) in [6.07, 6.45) is 1.36. The van der Waals surface area contributed by atoms with Crippen molar-refractivity contribution in [2.24, 2.45) is 0 Å². The van der Waals surface area contributed by atoms with Gasteiger partial charge in [0.05, 0.1) is 10.2 Å². The maximum atomic E-state index is 13.4. The fourth-order valence-corrected chi connectivity index (χ4v) is 5.16. The van der Waals surface area contributed by atoms with Crippen molar-refractivity contribution < 1.29 is 4.79 Å². The van der Waals surface area contributed by atoms with Crippen LogP contribution in [-0.2, 0) is 17.8 Å². The van der Waals surface area contributed by atoms with Gasteiger partial charge in [0.15, 0.2) is 0 Å². The second-order valence-corrected chi connectivity index (χ2v) is 8.48. The Bertz CT molecular complexity index is 1300. The van der Waals surface area contributed by atoms with Crippen LogP contribution in [0, 0.1) is 6.92 Å². The number of amides is 1. The van der Waals surface area contributed by atoms with Crippen molar-refractivity contribution in [1.82, 2.24) is 19.1 Å². The van der Waals surface area contributed by atoms with Crippen molar-refractivity contribution >= 4 is 33.0 Å². The smallest absolute Gasteiger partial charge is 0.291 e. The molecule has 3 aromatic heterocycles. The second kappa shape index (κ2) is 6.84. The number of aromatic nitrogens is 3. The predicted octanol–water partition coefficient (Wildman–Crippen LogP) is 3.56. The first-order chi connectivity index (χ1) is 14.1. The van der Waals surface area contributed by atoms with E-state index in [1.165, 1.54) is 15.8 Å². The van der Waals surface area contributed by atoms with E-state index in [4.69, 9.17) is 0 Å². The van der Waals surface area contributed by atoms with Gasteiger partial charge in [-0.05, 0) is 48.4 Å². The summed E-state index contributed by atoms with van der Waals surface area (Å²) in [6, 6.07) is 11.5. The highest BCUT2D eigenvalue weighted by atomic mass is 32.1. The Balaban J connectivity index is 1.55. The van der Waals surface area contributed by atoms with Gasteiger partial charge >= 0.3 is 0 Å². The lowest BCUT2D eigenvalue weighted by Gasteiger charge is -2.31. The Morgan fingerprint density at radius 1 is 1.21 bits per heavy atom. The van der Waals surface area contributed by atoms with Gasteiger partial charge in [0.2, 0.25) is 5.91 Å². The van der Waals surface area contributed by atoms with Crippen LogP contribution in [0.2, 0.25) is 0 Å². The molecule has 1 atom stereocenters. The zero-order chi connectivity index (χ0) is 20.1. The molecule has 4 aromatic rings. The van der Waals surface area contributed by atoms with Crippen LogP contribution in [0.4, 0.5) is 0 Å². The van der Waals surface area contributed by atoms with E-state index in [2.05, 4.69) is 17.2 Å². The number of benzene rings is 1. The molecule has 0 radical (unpaired) electrons. The summed E-state index contributed by atoms with van der Waals surface area (Å²) in [5.41, 5.74) is 3.84. The van der Waals surface area contributed by atoms with E-state index in [-0.39, 0.29) is 11.5 Å². The van der Waals surface area contributed by atoms with Gasteiger partial charge < -0.3 is 4.90 Å². The molecule has 7 heteroatoms. The highest BCUT2D eigenvalue weighted by Crippen LogP contribution is 2.26. The number of aryl methyl sites for hydroxylation is 1. The molecule has 4 heterocycles. The summed E-state index contributed by atoms with van der Waals surface area (Å²) in [4.78, 5) is 28.5. The van der Waals surface area contributed by atoms with Crippen LogP contribution in [0.5, 0.6) is 0 Å². The first kappa shape index (κ1) is 18.1. The van der Waals surface area contributed by atoms with Crippen molar-refractivity contribution in [2.75, 3.05) is 6.54 Å². The van der Waals surface area contributed by atoms with E-state index < -0.39 is 6.04 Å². The molecule has 0 N–H and O–H groups in total. The summed E-state index contributed by atoms with van der Waals surface area (Å²) in [5.74, 6) is 0.678. The average molecular weight is 407 g/mol. The number of hydrogen-bond acceptors (Lipinski definition) is 4. The van der Waals surface area contributed by atoms with Gasteiger partial charge in [-0.15, -0.1) is 11.3 Å². The number of rotatable bonds is 3. The van der Waals surface area contributed by atoms with Gasteiger partial charge in [-0.25, -0.2) is 4.68 Å². The van der Waals surface area contributed by atoms with Crippen LogP contribution >= 0.6 is 11.3 Å². The van der Waals surface area contributed by atoms with Crippen LogP contribution < -0.4 is 5.56 Å². The first-order valence-corrected chi connectivity index (χ1v) is 10.8. The van der Waals surface area contributed by atoms with Crippen molar-refractivity contribution in [2.45, 2.75) is 39.3 Å². The molecule has 0 aliphatic carbocycles. The molecule has 0 spiro atoms. The Morgan fingerprint density at radius 3 is 2.79 bits per heavy atom. The quantitative estimate of drug-likeness (QED) is 0.523. The molecule has 0 bridgehead atoms. The van der Waals surface area contributed by atoms with E-state index in [0.717, 1.165) is 16.6 Å². The van der Waals surface area contributed by atoms with E-state index in [1.807, 2.05) is 52.8 Å². The maximum Gasteiger partial charge on any atom is 0.291 e. The third-order valence-electron chi connectivity index (χ3n) is 5.84. The number of hydrogen-bond donors (Lipinski definition) is 0.